The molecule has 0 radical (unpaired) electrons. The van der Waals surface area contributed by atoms with Crippen LogP contribution < -0.4 is 9.03 Å². The lowest BCUT2D eigenvalue weighted by molar-refractivity contribution is -0.119. The largest absolute Gasteiger partial charge is 0.273 e. The minimum absolute atomic E-state index is 0.00421. The molecular weight excluding hydrogens is 388 g/mol. The summed E-state index contributed by atoms with van der Waals surface area (Å²) in [7, 11) is -7.48. The van der Waals surface area contributed by atoms with E-state index >= 15 is 0 Å². The van der Waals surface area contributed by atoms with E-state index in [0.717, 1.165) is 15.4 Å². The monoisotopic (exact) mass is 408 g/mol. The number of sulfonamides is 2. The molecule has 1 fully saturated rings. The average Bonchev–Trinajstić information content (AvgIpc) is 2.82. The molecule has 1 amide bonds. The fourth-order valence-corrected chi connectivity index (χ4v) is 5.65. The van der Waals surface area contributed by atoms with Crippen LogP contribution in [0.2, 0.25) is 0 Å². The van der Waals surface area contributed by atoms with Crippen molar-refractivity contribution in [2.75, 3.05) is 10.1 Å². The van der Waals surface area contributed by atoms with Crippen LogP contribution in [0.3, 0.4) is 0 Å². The highest BCUT2D eigenvalue weighted by Gasteiger charge is 2.41. The zero-order chi connectivity index (χ0) is 19.8. The molecule has 0 spiro atoms. The minimum Gasteiger partial charge on any atom is -0.273 e. The Morgan fingerprint density at radius 3 is 2.19 bits per heavy atom. The molecule has 1 saturated heterocycles. The zero-order valence-corrected chi connectivity index (χ0v) is 16.5. The van der Waals surface area contributed by atoms with Crippen molar-refractivity contribution in [3.63, 3.8) is 0 Å². The van der Waals surface area contributed by atoms with Crippen molar-refractivity contribution in [1.29, 1.82) is 0 Å². The zero-order valence-electron chi connectivity index (χ0n) is 14.9. The predicted octanol–water partition coefficient (Wildman–Crippen LogP) is 1.79. The number of carbonyl (C=O) groups excluding carboxylic acids is 1. The molecular formula is C18H20N2O5S2. The topological polar surface area (TPSA) is 101 Å². The number of aryl methyl sites for hydroxylation is 1. The van der Waals surface area contributed by atoms with E-state index in [9.17, 15) is 21.6 Å². The third kappa shape index (κ3) is 4.05. The van der Waals surface area contributed by atoms with Crippen LogP contribution in [-0.4, -0.2) is 28.5 Å². The first-order valence-corrected chi connectivity index (χ1v) is 11.4. The molecule has 1 N–H and O–H groups in total. The van der Waals surface area contributed by atoms with Gasteiger partial charge in [-0.2, -0.15) is 0 Å². The fourth-order valence-electron chi connectivity index (χ4n) is 2.82. The standard InChI is InChI=1S/C18H20N2O5S2/c1-13-3-5-15(6-4-13)11-19-27(24,25)17-9-7-16(8-10-17)20-18(21)14(2)12-26(20,22)23/h3-10,14,19H,11-12H2,1-2H3/t14-/m0/s1. The lowest BCUT2D eigenvalue weighted by Gasteiger charge is -2.15. The van der Waals surface area contributed by atoms with E-state index in [2.05, 4.69) is 4.72 Å². The summed E-state index contributed by atoms with van der Waals surface area (Å²) in [6, 6.07) is 12.7. The van der Waals surface area contributed by atoms with Crippen LogP contribution in [-0.2, 0) is 31.4 Å². The van der Waals surface area contributed by atoms with Crippen molar-refractivity contribution < 1.29 is 21.6 Å². The van der Waals surface area contributed by atoms with Gasteiger partial charge in [-0.3, -0.25) is 4.79 Å². The normalized spacial score (nSPS) is 19.4. The molecule has 2 aromatic rings. The van der Waals surface area contributed by atoms with Gasteiger partial charge in [-0.25, -0.2) is 25.9 Å². The summed E-state index contributed by atoms with van der Waals surface area (Å²) in [5.74, 6) is -1.37. The van der Waals surface area contributed by atoms with Gasteiger partial charge in [0.1, 0.15) is 0 Å². The van der Waals surface area contributed by atoms with Crippen LogP contribution in [0, 0.1) is 12.8 Å². The molecule has 144 valence electrons. The highest BCUT2D eigenvalue weighted by molar-refractivity contribution is 7.94. The Kier molecular flexibility index (Phi) is 5.11. The number of nitrogens with zero attached hydrogens (tertiary/aromatic N) is 1. The quantitative estimate of drug-likeness (QED) is 0.813. The first-order valence-electron chi connectivity index (χ1n) is 8.32. The van der Waals surface area contributed by atoms with Gasteiger partial charge in [-0.05, 0) is 36.8 Å². The highest BCUT2D eigenvalue weighted by atomic mass is 32.2. The van der Waals surface area contributed by atoms with E-state index in [0.29, 0.717) is 0 Å². The maximum absolute atomic E-state index is 12.4. The molecule has 7 nitrogen and oxygen atoms in total. The van der Waals surface area contributed by atoms with Crippen LogP contribution in [0.5, 0.6) is 0 Å². The Morgan fingerprint density at radius 2 is 1.67 bits per heavy atom. The van der Waals surface area contributed by atoms with Gasteiger partial charge in [0, 0.05) is 6.54 Å². The Morgan fingerprint density at radius 1 is 1.07 bits per heavy atom. The molecule has 9 heteroatoms. The second-order valence-electron chi connectivity index (χ2n) is 6.59. The molecule has 0 aromatic heterocycles. The van der Waals surface area contributed by atoms with Crippen LogP contribution in [0.1, 0.15) is 18.1 Å². The maximum atomic E-state index is 12.4. The van der Waals surface area contributed by atoms with Gasteiger partial charge < -0.3 is 0 Å². The molecule has 0 unspecified atom stereocenters. The molecule has 0 saturated carbocycles. The summed E-state index contributed by atoms with van der Waals surface area (Å²) in [4.78, 5) is 12.1. The van der Waals surface area contributed by atoms with Crippen molar-refractivity contribution in [2.24, 2.45) is 5.92 Å². The smallest absolute Gasteiger partial charge is 0.244 e. The maximum Gasteiger partial charge on any atom is 0.244 e. The number of anilines is 1. The van der Waals surface area contributed by atoms with Gasteiger partial charge in [0.25, 0.3) is 0 Å². The summed E-state index contributed by atoms with van der Waals surface area (Å²) >= 11 is 0. The van der Waals surface area contributed by atoms with E-state index in [1.807, 2.05) is 31.2 Å². The number of nitrogens with one attached hydrogen (secondary N) is 1. The number of rotatable bonds is 5. The Bertz CT molecular complexity index is 1060. The molecule has 0 aliphatic carbocycles. The second kappa shape index (κ2) is 7.06. The SMILES string of the molecule is Cc1ccc(CNS(=O)(=O)c2ccc(N3C(=O)[C@@H](C)CS3(=O)=O)cc2)cc1. The summed E-state index contributed by atoms with van der Waals surface area (Å²) < 4.78 is 52.4. The van der Waals surface area contributed by atoms with Gasteiger partial charge in [-0.15, -0.1) is 0 Å². The van der Waals surface area contributed by atoms with Crippen LogP contribution >= 0.6 is 0 Å². The predicted molar refractivity (Wildman–Crippen MR) is 102 cm³/mol. The lowest BCUT2D eigenvalue weighted by atomic mass is 10.2. The van der Waals surface area contributed by atoms with Crippen LogP contribution in [0.25, 0.3) is 0 Å². The van der Waals surface area contributed by atoms with Crippen LogP contribution in [0.15, 0.2) is 53.4 Å². The van der Waals surface area contributed by atoms with Gasteiger partial charge in [0.15, 0.2) is 0 Å². The minimum atomic E-state index is -3.76. The van der Waals surface area contributed by atoms with E-state index in [4.69, 9.17) is 0 Å². The second-order valence-corrected chi connectivity index (χ2v) is 10.2. The van der Waals surface area contributed by atoms with Crippen molar-refractivity contribution >= 4 is 31.6 Å². The Hall–Kier alpha value is -2.23. The van der Waals surface area contributed by atoms with E-state index < -0.39 is 31.9 Å². The number of benzene rings is 2. The van der Waals surface area contributed by atoms with Gasteiger partial charge >= 0.3 is 0 Å². The van der Waals surface area contributed by atoms with Crippen molar-refractivity contribution in [3.05, 3.63) is 59.7 Å². The molecule has 27 heavy (non-hydrogen) atoms. The summed E-state index contributed by atoms with van der Waals surface area (Å²) in [5.41, 5.74) is 2.04. The first kappa shape index (κ1) is 19.5. The van der Waals surface area contributed by atoms with E-state index in [-0.39, 0.29) is 22.9 Å². The van der Waals surface area contributed by atoms with E-state index in [1.165, 1.54) is 24.3 Å². The number of hydrogen-bond acceptors (Lipinski definition) is 5. The molecule has 1 heterocycles. The molecule has 1 atom stereocenters. The van der Waals surface area contributed by atoms with Gasteiger partial charge in [-0.1, -0.05) is 36.8 Å². The summed E-state index contributed by atoms with van der Waals surface area (Å²) in [6.07, 6.45) is 0. The van der Waals surface area contributed by atoms with Gasteiger partial charge in [0.05, 0.1) is 22.3 Å². The number of amides is 1. The number of carbonyl (C=O) groups is 1. The van der Waals surface area contributed by atoms with Crippen molar-refractivity contribution in [3.8, 4) is 0 Å². The highest BCUT2D eigenvalue weighted by Crippen LogP contribution is 2.28. The summed E-state index contributed by atoms with van der Waals surface area (Å²) in [6.45, 7) is 3.64. The Labute approximate surface area is 159 Å². The number of hydrogen-bond donors (Lipinski definition) is 1. The molecule has 3 rings (SSSR count). The van der Waals surface area contributed by atoms with Gasteiger partial charge in [0.2, 0.25) is 26.0 Å². The van der Waals surface area contributed by atoms with Crippen molar-refractivity contribution in [2.45, 2.75) is 25.3 Å². The Balaban J connectivity index is 1.78. The molecule has 1 aliphatic heterocycles. The summed E-state index contributed by atoms with van der Waals surface area (Å²) in [5, 5.41) is 0. The fraction of sp³-hybridized carbons (Fsp3) is 0.278. The molecule has 0 bridgehead atoms. The van der Waals surface area contributed by atoms with Crippen molar-refractivity contribution in [1.82, 2.24) is 4.72 Å². The average molecular weight is 409 g/mol. The van der Waals surface area contributed by atoms with Crippen LogP contribution in [0.4, 0.5) is 5.69 Å². The van der Waals surface area contributed by atoms with E-state index in [1.54, 1.807) is 6.92 Å². The lowest BCUT2D eigenvalue weighted by Crippen LogP contribution is -2.30. The third-order valence-electron chi connectivity index (χ3n) is 4.33. The first-order chi connectivity index (χ1) is 12.6. The molecule has 1 aliphatic rings. The molecule has 2 aromatic carbocycles. The third-order valence-corrected chi connectivity index (χ3v) is 7.61.